The van der Waals surface area contributed by atoms with Crippen LogP contribution in [0.15, 0.2) is 68.6 Å². The van der Waals surface area contributed by atoms with Crippen molar-refractivity contribution in [2.45, 2.75) is 19.5 Å². The number of nitrogens with one attached hydrogen (secondary N) is 1. The van der Waals surface area contributed by atoms with Crippen molar-refractivity contribution >= 4 is 32.9 Å². The molecule has 0 saturated carbocycles. The van der Waals surface area contributed by atoms with E-state index in [0.29, 0.717) is 12.1 Å². The Hall–Kier alpha value is -3.33. The Morgan fingerprint density at radius 1 is 1.20 bits per heavy atom. The molecule has 0 unspecified atom stereocenters. The molecule has 1 amide bonds. The Morgan fingerprint density at radius 3 is 2.83 bits per heavy atom. The Morgan fingerprint density at radius 2 is 2.03 bits per heavy atom. The van der Waals surface area contributed by atoms with Crippen molar-refractivity contribution in [1.82, 2.24) is 20.0 Å². The lowest BCUT2D eigenvalue weighted by Crippen LogP contribution is -2.27. The summed E-state index contributed by atoms with van der Waals surface area (Å²) in [5, 5.41) is 6.85. The lowest BCUT2D eigenvalue weighted by atomic mass is 10.1. The van der Waals surface area contributed by atoms with E-state index in [1.165, 1.54) is 29.1 Å². The SMILES string of the molecule is O=C(CCn1cnc2onc(-c3cccc(F)c3)c2c1=O)NCc1ccccc1Br. The van der Waals surface area contributed by atoms with Crippen LogP contribution in [0.25, 0.3) is 22.4 Å². The summed E-state index contributed by atoms with van der Waals surface area (Å²) in [4.78, 5) is 29.2. The van der Waals surface area contributed by atoms with Crippen molar-refractivity contribution in [2.24, 2.45) is 0 Å². The van der Waals surface area contributed by atoms with Crippen molar-refractivity contribution in [2.75, 3.05) is 0 Å². The summed E-state index contributed by atoms with van der Waals surface area (Å²) in [6, 6.07) is 13.3. The molecule has 2 heterocycles. The Labute approximate surface area is 178 Å². The first-order valence-electron chi connectivity index (χ1n) is 9.14. The van der Waals surface area contributed by atoms with E-state index in [-0.39, 0.29) is 35.7 Å². The minimum absolute atomic E-state index is 0.0638. The van der Waals surface area contributed by atoms with Gasteiger partial charge in [0.15, 0.2) is 0 Å². The molecule has 2 aromatic heterocycles. The topological polar surface area (TPSA) is 90.0 Å². The second kappa shape index (κ2) is 8.58. The molecule has 1 N–H and O–H groups in total. The highest BCUT2D eigenvalue weighted by Gasteiger charge is 2.17. The van der Waals surface area contributed by atoms with E-state index in [4.69, 9.17) is 4.52 Å². The Kier molecular flexibility index (Phi) is 5.71. The van der Waals surface area contributed by atoms with E-state index < -0.39 is 11.4 Å². The molecule has 0 spiro atoms. The standard InChI is InChI=1S/C21H16BrFN4O3/c22-16-7-2-1-4-14(16)11-24-17(28)8-9-27-12-25-20-18(21(27)29)19(26-30-20)13-5-3-6-15(23)10-13/h1-7,10,12H,8-9,11H2,(H,24,28). The quantitative estimate of drug-likeness (QED) is 0.464. The number of hydrogen-bond acceptors (Lipinski definition) is 5. The third-order valence-corrected chi connectivity index (χ3v) is 5.35. The zero-order valence-electron chi connectivity index (χ0n) is 15.6. The molecule has 0 saturated heterocycles. The van der Waals surface area contributed by atoms with Gasteiger partial charge in [-0.2, -0.15) is 0 Å². The molecular weight excluding hydrogens is 455 g/mol. The van der Waals surface area contributed by atoms with E-state index >= 15 is 0 Å². The minimum atomic E-state index is -0.449. The van der Waals surface area contributed by atoms with Crippen LogP contribution >= 0.6 is 15.9 Å². The average Bonchev–Trinajstić information content (AvgIpc) is 3.18. The first-order valence-corrected chi connectivity index (χ1v) is 9.93. The molecule has 9 heteroatoms. The van der Waals surface area contributed by atoms with Crippen molar-refractivity contribution in [3.05, 3.63) is 81.1 Å². The number of carbonyl (C=O) groups is 1. The molecule has 2 aromatic carbocycles. The molecule has 0 aliphatic carbocycles. The fourth-order valence-corrected chi connectivity index (χ4v) is 3.44. The number of fused-ring (bicyclic) bond motifs is 1. The fourth-order valence-electron chi connectivity index (χ4n) is 3.02. The van der Waals surface area contributed by atoms with Gasteiger partial charge in [0.25, 0.3) is 11.3 Å². The number of benzene rings is 2. The Balaban J connectivity index is 1.50. The average molecular weight is 471 g/mol. The van der Waals surface area contributed by atoms with Crippen molar-refractivity contribution < 1.29 is 13.7 Å². The predicted octanol–water partition coefficient (Wildman–Crippen LogP) is 3.66. The number of aryl methyl sites for hydroxylation is 1. The first-order chi connectivity index (χ1) is 14.5. The van der Waals surface area contributed by atoms with Gasteiger partial charge < -0.3 is 9.84 Å². The molecule has 0 aliphatic rings. The maximum absolute atomic E-state index is 13.6. The van der Waals surface area contributed by atoms with Crippen molar-refractivity contribution in [3.63, 3.8) is 0 Å². The monoisotopic (exact) mass is 470 g/mol. The van der Waals surface area contributed by atoms with Crippen LogP contribution in [0.2, 0.25) is 0 Å². The van der Waals surface area contributed by atoms with E-state index in [1.54, 1.807) is 6.07 Å². The summed E-state index contributed by atoms with van der Waals surface area (Å²) in [5.41, 5.74) is 1.25. The van der Waals surface area contributed by atoms with Crippen LogP contribution in [0.3, 0.4) is 0 Å². The summed E-state index contributed by atoms with van der Waals surface area (Å²) in [5.74, 6) is -0.650. The van der Waals surface area contributed by atoms with Gasteiger partial charge in [-0.05, 0) is 23.8 Å². The highest BCUT2D eigenvalue weighted by molar-refractivity contribution is 9.10. The van der Waals surface area contributed by atoms with Gasteiger partial charge in [-0.3, -0.25) is 14.2 Å². The van der Waals surface area contributed by atoms with Gasteiger partial charge in [0.1, 0.15) is 23.2 Å². The molecule has 0 atom stereocenters. The van der Waals surface area contributed by atoms with E-state index in [0.717, 1.165) is 10.0 Å². The normalized spacial score (nSPS) is 11.0. The summed E-state index contributed by atoms with van der Waals surface area (Å²) < 4.78 is 20.9. The number of aromatic nitrogens is 3. The third-order valence-electron chi connectivity index (χ3n) is 4.57. The van der Waals surface area contributed by atoms with Gasteiger partial charge >= 0.3 is 0 Å². The predicted molar refractivity (Wildman–Crippen MR) is 112 cm³/mol. The molecule has 0 radical (unpaired) electrons. The molecule has 0 fully saturated rings. The van der Waals surface area contributed by atoms with Crippen LogP contribution in [-0.2, 0) is 17.9 Å². The number of amides is 1. The maximum atomic E-state index is 13.6. The summed E-state index contributed by atoms with van der Waals surface area (Å²) in [6.07, 6.45) is 1.41. The molecule has 4 rings (SSSR count). The number of hydrogen-bond donors (Lipinski definition) is 1. The van der Waals surface area contributed by atoms with Gasteiger partial charge in [-0.25, -0.2) is 9.37 Å². The van der Waals surface area contributed by atoms with Gasteiger partial charge in [0.2, 0.25) is 5.91 Å². The van der Waals surface area contributed by atoms with Gasteiger partial charge in [0.05, 0.1) is 0 Å². The molecular formula is C21H16BrFN4O3. The van der Waals surface area contributed by atoms with Crippen LogP contribution in [0.5, 0.6) is 0 Å². The molecule has 0 aliphatic heterocycles. The van der Waals surface area contributed by atoms with E-state index in [2.05, 4.69) is 31.4 Å². The maximum Gasteiger partial charge on any atom is 0.266 e. The number of nitrogens with zero attached hydrogens (tertiary/aromatic N) is 3. The zero-order valence-corrected chi connectivity index (χ0v) is 17.2. The highest BCUT2D eigenvalue weighted by Crippen LogP contribution is 2.24. The van der Waals surface area contributed by atoms with Crippen LogP contribution in [0.1, 0.15) is 12.0 Å². The minimum Gasteiger partial charge on any atom is -0.352 e. The summed E-state index contributed by atoms with van der Waals surface area (Å²) in [6.45, 7) is 0.513. The molecule has 0 bridgehead atoms. The smallest absolute Gasteiger partial charge is 0.266 e. The van der Waals surface area contributed by atoms with Gasteiger partial charge in [0, 0.05) is 29.5 Å². The lowest BCUT2D eigenvalue weighted by molar-refractivity contribution is -0.121. The second-order valence-corrected chi connectivity index (χ2v) is 7.44. The number of carbonyl (C=O) groups excluding carboxylic acids is 1. The van der Waals surface area contributed by atoms with Gasteiger partial charge in [-0.1, -0.05) is 51.4 Å². The third kappa shape index (κ3) is 4.16. The van der Waals surface area contributed by atoms with Crippen LogP contribution in [0, 0.1) is 5.82 Å². The highest BCUT2D eigenvalue weighted by atomic mass is 79.9. The van der Waals surface area contributed by atoms with Crippen LogP contribution < -0.4 is 10.9 Å². The number of rotatable bonds is 6. The Bertz CT molecular complexity index is 1280. The summed E-state index contributed by atoms with van der Waals surface area (Å²) in [7, 11) is 0. The second-order valence-electron chi connectivity index (χ2n) is 6.58. The fraction of sp³-hybridized carbons (Fsp3) is 0.143. The lowest BCUT2D eigenvalue weighted by Gasteiger charge is -2.08. The van der Waals surface area contributed by atoms with Crippen molar-refractivity contribution in [3.8, 4) is 11.3 Å². The van der Waals surface area contributed by atoms with Crippen LogP contribution in [0.4, 0.5) is 4.39 Å². The first kappa shape index (κ1) is 20.0. The van der Waals surface area contributed by atoms with Crippen LogP contribution in [-0.4, -0.2) is 20.6 Å². The zero-order chi connectivity index (χ0) is 21.1. The molecule has 30 heavy (non-hydrogen) atoms. The van der Waals surface area contributed by atoms with E-state index in [9.17, 15) is 14.0 Å². The number of halogens is 2. The molecule has 7 nitrogen and oxygen atoms in total. The largest absolute Gasteiger partial charge is 0.352 e. The summed E-state index contributed by atoms with van der Waals surface area (Å²) >= 11 is 3.44. The molecule has 4 aromatic rings. The van der Waals surface area contributed by atoms with Crippen molar-refractivity contribution in [1.29, 1.82) is 0 Å². The van der Waals surface area contributed by atoms with E-state index in [1.807, 2.05) is 24.3 Å². The molecule has 152 valence electrons. The van der Waals surface area contributed by atoms with Gasteiger partial charge in [-0.15, -0.1) is 0 Å².